The Hall–Kier alpha value is -2.97. The maximum Gasteiger partial charge on any atom is 0.326 e. The van der Waals surface area contributed by atoms with Crippen LogP contribution in [-0.4, -0.2) is 43.0 Å². The quantitative estimate of drug-likeness (QED) is 0.607. The van der Waals surface area contributed by atoms with Gasteiger partial charge in [0.05, 0.1) is 6.33 Å². The third kappa shape index (κ3) is 3.34. The van der Waals surface area contributed by atoms with Gasteiger partial charge >= 0.3 is 5.97 Å². The molecule has 9 heteroatoms. The van der Waals surface area contributed by atoms with E-state index in [0.717, 1.165) is 30.5 Å². The van der Waals surface area contributed by atoms with Crippen LogP contribution in [0.5, 0.6) is 0 Å². The van der Waals surface area contributed by atoms with Gasteiger partial charge in [0.1, 0.15) is 11.7 Å². The number of carbonyl (C=O) groups is 2. The van der Waals surface area contributed by atoms with E-state index < -0.39 is 17.9 Å². The number of hydrogen-bond donors (Lipinski definition) is 4. The highest BCUT2D eigenvalue weighted by atomic mass is 16.4. The molecule has 24 heavy (non-hydrogen) atoms. The van der Waals surface area contributed by atoms with Gasteiger partial charge < -0.3 is 21.1 Å². The number of nitrogens with zero attached hydrogens (tertiary/aromatic N) is 3. The van der Waals surface area contributed by atoms with E-state index in [1.807, 2.05) is 0 Å². The van der Waals surface area contributed by atoms with Crippen molar-refractivity contribution in [1.29, 1.82) is 0 Å². The Morgan fingerprint density at radius 3 is 2.83 bits per heavy atom. The summed E-state index contributed by atoms with van der Waals surface area (Å²) < 4.78 is 0. The number of carbonyl (C=O) groups excluding carboxylic acids is 1. The fourth-order valence-corrected chi connectivity index (χ4v) is 2.84. The topological polar surface area (TPSA) is 147 Å². The van der Waals surface area contributed by atoms with Crippen LogP contribution in [-0.2, 0) is 24.1 Å². The summed E-state index contributed by atoms with van der Waals surface area (Å²) >= 11 is 0. The van der Waals surface area contributed by atoms with Crippen LogP contribution in [0.3, 0.4) is 0 Å². The van der Waals surface area contributed by atoms with Crippen molar-refractivity contribution in [3.8, 4) is 0 Å². The van der Waals surface area contributed by atoms with E-state index >= 15 is 0 Å². The molecule has 0 aliphatic heterocycles. The van der Waals surface area contributed by atoms with Gasteiger partial charge in [-0.2, -0.15) is 0 Å². The minimum Gasteiger partial charge on any atom is -0.480 e. The summed E-state index contributed by atoms with van der Waals surface area (Å²) in [6, 6.07) is -1.09. The first-order chi connectivity index (χ1) is 11.5. The van der Waals surface area contributed by atoms with Crippen LogP contribution in [0, 0.1) is 0 Å². The SMILES string of the molecule is Nc1nc2c(c(C(=O)N[C@@H](Cc3cnc[nH]3)C(=O)O)n1)CCCC2. The number of fused-ring (bicyclic) bond motifs is 1. The molecule has 9 nitrogen and oxygen atoms in total. The van der Waals surface area contributed by atoms with Crippen LogP contribution in [0.15, 0.2) is 12.5 Å². The smallest absolute Gasteiger partial charge is 0.326 e. The molecule has 2 aromatic rings. The number of aliphatic carboxylic acids is 1. The lowest BCUT2D eigenvalue weighted by Crippen LogP contribution is -2.43. The second-order valence-corrected chi connectivity index (χ2v) is 5.71. The zero-order chi connectivity index (χ0) is 17.1. The normalized spacial score (nSPS) is 14.7. The van der Waals surface area contributed by atoms with Crippen molar-refractivity contribution >= 4 is 17.8 Å². The zero-order valence-electron chi connectivity index (χ0n) is 13.0. The maximum absolute atomic E-state index is 12.6. The first kappa shape index (κ1) is 15.9. The minimum atomic E-state index is -1.13. The van der Waals surface area contributed by atoms with E-state index in [9.17, 15) is 14.7 Å². The Morgan fingerprint density at radius 1 is 1.33 bits per heavy atom. The Kier molecular flexibility index (Phi) is 4.41. The molecule has 2 heterocycles. The number of anilines is 1. The number of hydrogen-bond acceptors (Lipinski definition) is 6. The van der Waals surface area contributed by atoms with E-state index in [-0.39, 0.29) is 18.1 Å². The van der Waals surface area contributed by atoms with Crippen LogP contribution >= 0.6 is 0 Å². The zero-order valence-corrected chi connectivity index (χ0v) is 13.0. The molecule has 0 unspecified atom stereocenters. The van der Waals surface area contributed by atoms with Crippen LogP contribution in [0.1, 0.15) is 40.3 Å². The lowest BCUT2D eigenvalue weighted by atomic mass is 9.94. The van der Waals surface area contributed by atoms with Crippen molar-refractivity contribution in [1.82, 2.24) is 25.3 Å². The summed E-state index contributed by atoms with van der Waals surface area (Å²) in [6.45, 7) is 0. The molecule has 0 bridgehead atoms. The highest BCUT2D eigenvalue weighted by Crippen LogP contribution is 2.22. The molecule has 0 saturated heterocycles. The third-order valence-corrected chi connectivity index (χ3v) is 4.00. The van der Waals surface area contributed by atoms with Crippen molar-refractivity contribution in [2.24, 2.45) is 0 Å². The highest BCUT2D eigenvalue weighted by Gasteiger charge is 2.26. The highest BCUT2D eigenvalue weighted by molar-refractivity contribution is 5.96. The summed E-state index contributed by atoms with van der Waals surface area (Å²) in [5.74, 6) is -1.65. The number of nitrogens with two attached hydrogens (primary N) is 1. The standard InChI is InChI=1S/C15H18N6O3/c16-15-20-10-4-2-1-3-9(10)12(21-15)13(22)19-11(14(23)24)5-8-6-17-7-18-8/h6-7,11H,1-5H2,(H,17,18)(H,19,22)(H,23,24)(H2,16,20,21)/t11-/m0/s1. The predicted molar refractivity (Wildman–Crippen MR) is 84.3 cm³/mol. The average Bonchev–Trinajstić information content (AvgIpc) is 3.06. The maximum atomic E-state index is 12.6. The molecule has 1 amide bonds. The molecule has 0 spiro atoms. The number of H-pyrrole nitrogens is 1. The van der Waals surface area contributed by atoms with Gasteiger partial charge in [-0.1, -0.05) is 0 Å². The molecule has 3 rings (SSSR count). The lowest BCUT2D eigenvalue weighted by Gasteiger charge is -2.19. The van der Waals surface area contributed by atoms with Gasteiger partial charge in [-0.25, -0.2) is 19.7 Å². The third-order valence-electron chi connectivity index (χ3n) is 4.00. The number of aromatic amines is 1. The van der Waals surface area contributed by atoms with Crippen LogP contribution in [0.4, 0.5) is 5.95 Å². The molecular weight excluding hydrogens is 312 g/mol. The molecule has 1 aliphatic rings. The monoisotopic (exact) mass is 330 g/mol. The number of nitrogen functional groups attached to an aromatic ring is 1. The second kappa shape index (κ2) is 6.65. The van der Waals surface area contributed by atoms with E-state index in [0.29, 0.717) is 12.1 Å². The Bertz CT molecular complexity index is 759. The van der Waals surface area contributed by atoms with Crippen molar-refractivity contribution in [3.63, 3.8) is 0 Å². The van der Waals surface area contributed by atoms with Gasteiger partial charge in [0, 0.05) is 29.6 Å². The Balaban J connectivity index is 1.83. The van der Waals surface area contributed by atoms with Crippen LogP contribution in [0.2, 0.25) is 0 Å². The van der Waals surface area contributed by atoms with Gasteiger partial charge in [-0.05, 0) is 25.7 Å². The van der Waals surface area contributed by atoms with E-state index in [4.69, 9.17) is 5.73 Å². The molecule has 0 radical (unpaired) electrons. The van der Waals surface area contributed by atoms with E-state index in [1.165, 1.54) is 12.5 Å². The molecule has 1 aliphatic carbocycles. The number of carboxylic acid groups (broad SMARTS) is 1. The number of rotatable bonds is 5. The first-order valence-electron chi connectivity index (χ1n) is 7.70. The fourth-order valence-electron chi connectivity index (χ4n) is 2.84. The molecule has 0 saturated carbocycles. The van der Waals surface area contributed by atoms with E-state index in [1.54, 1.807) is 0 Å². The van der Waals surface area contributed by atoms with Crippen molar-refractivity contribution in [2.45, 2.75) is 38.1 Å². The number of imidazole rings is 1. The number of aromatic nitrogens is 4. The molecule has 0 fully saturated rings. The fraction of sp³-hybridized carbons (Fsp3) is 0.400. The van der Waals surface area contributed by atoms with Gasteiger partial charge in [-0.3, -0.25) is 4.79 Å². The van der Waals surface area contributed by atoms with Crippen LogP contribution in [0.25, 0.3) is 0 Å². The molecule has 1 atom stereocenters. The van der Waals surface area contributed by atoms with Crippen molar-refractivity contribution in [2.75, 3.05) is 5.73 Å². The molecule has 0 aromatic carbocycles. The van der Waals surface area contributed by atoms with Crippen molar-refractivity contribution < 1.29 is 14.7 Å². The van der Waals surface area contributed by atoms with Gasteiger partial charge in [0.2, 0.25) is 5.95 Å². The summed E-state index contributed by atoms with van der Waals surface area (Å²) in [4.78, 5) is 38.9. The van der Waals surface area contributed by atoms with Crippen LogP contribution < -0.4 is 11.1 Å². The molecule has 5 N–H and O–H groups in total. The second-order valence-electron chi connectivity index (χ2n) is 5.71. The molecule has 126 valence electrons. The number of carboxylic acids is 1. The minimum absolute atomic E-state index is 0.0289. The lowest BCUT2D eigenvalue weighted by molar-refractivity contribution is -0.139. The largest absolute Gasteiger partial charge is 0.480 e. The summed E-state index contributed by atoms with van der Waals surface area (Å²) in [7, 11) is 0. The van der Waals surface area contributed by atoms with Gasteiger partial charge in [0.25, 0.3) is 5.91 Å². The Morgan fingerprint density at radius 2 is 2.12 bits per heavy atom. The number of nitrogens with one attached hydrogen (secondary N) is 2. The number of aryl methyl sites for hydroxylation is 1. The Labute approximate surface area is 137 Å². The molecular formula is C15H18N6O3. The first-order valence-corrected chi connectivity index (χ1v) is 7.70. The van der Waals surface area contributed by atoms with Crippen molar-refractivity contribution in [3.05, 3.63) is 35.2 Å². The number of amides is 1. The van der Waals surface area contributed by atoms with Gasteiger partial charge in [0.15, 0.2) is 0 Å². The average molecular weight is 330 g/mol. The summed E-state index contributed by atoms with van der Waals surface area (Å²) in [6.07, 6.45) is 6.45. The molecule has 2 aromatic heterocycles. The summed E-state index contributed by atoms with van der Waals surface area (Å²) in [5, 5.41) is 11.9. The predicted octanol–water partition coefficient (Wildman–Crippen LogP) is 0.0864. The van der Waals surface area contributed by atoms with Gasteiger partial charge in [-0.15, -0.1) is 0 Å². The van der Waals surface area contributed by atoms with E-state index in [2.05, 4.69) is 25.3 Å². The summed E-state index contributed by atoms with van der Waals surface area (Å²) in [5.41, 5.74) is 8.02.